The fraction of sp³-hybridized carbons (Fsp3) is 0.647. The van der Waals surface area contributed by atoms with Crippen LogP contribution in [0.1, 0.15) is 36.6 Å². The minimum absolute atomic E-state index is 0.329. The molecule has 1 saturated heterocycles. The van der Waals surface area contributed by atoms with Crippen molar-refractivity contribution in [2.75, 3.05) is 26.7 Å². The van der Waals surface area contributed by atoms with Gasteiger partial charge in [-0.05, 0) is 45.9 Å². The van der Waals surface area contributed by atoms with E-state index in [1.807, 2.05) is 0 Å². The molecule has 1 aromatic carbocycles. The zero-order chi connectivity index (χ0) is 14.7. The highest BCUT2D eigenvalue weighted by atomic mass is 16.5. The Hall–Kier alpha value is -0.900. The van der Waals surface area contributed by atoms with E-state index in [9.17, 15) is 0 Å². The van der Waals surface area contributed by atoms with Gasteiger partial charge >= 0.3 is 0 Å². The first-order chi connectivity index (χ1) is 9.49. The molecule has 0 radical (unpaired) electrons. The molecule has 1 aliphatic rings. The summed E-state index contributed by atoms with van der Waals surface area (Å²) in [6.45, 7) is 11.8. The Morgan fingerprint density at radius 2 is 1.90 bits per heavy atom. The van der Waals surface area contributed by atoms with Crippen molar-refractivity contribution in [2.24, 2.45) is 0 Å². The van der Waals surface area contributed by atoms with E-state index in [0.29, 0.717) is 18.2 Å². The smallest absolute Gasteiger partial charge is 0.0678 e. The van der Waals surface area contributed by atoms with Crippen LogP contribution in [-0.4, -0.2) is 43.8 Å². The SMILES string of the molecule is CNC(CN1CC(C)OC(C)C1)c1cc(C)ccc1C. The molecule has 3 atom stereocenters. The van der Waals surface area contributed by atoms with E-state index in [1.54, 1.807) is 0 Å². The van der Waals surface area contributed by atoms with Crippen molar-refractivity contribution in [3.8, 4) is 0 Å². The number of aryl methyl sites for hydroxylation is 2. The van der Waals surface area contributed by atoms with Gasteiger partial charge in [0.2, 0.25) is 0 Å². The van der Waals surface area contributed by atoms with Gasteiger partial charge in [-0.3, -0.25) is 4.90 Å². The molecule has 0 aromatic heterocycles. The molecule has 1 aliphatic heterocycles. The molecule has 2 rings (SSSR count). The Kier molecular flexibility index (Phi) is 5.19. The molecule has 1 fully saturated rings. The van der Waals surface area contributed by atoms with Crippen LogP contribution in [0.15, 0.2) is 18.2 Å². The topological polar surface area (TPSA) is 24.5 Å². The third-order valence-corrected chi connectivity index (χ3v) is 4.09. The number of ether oxygens (including phenoxy) is 1. The van der Waals surface area contributed by atoms with E-state index in [4.69, 9.17) is 4.74 Å². The van der Waals surface area contributed by atoms with Crippen LogP contribution < -0.4 is 5.32 Å². The highest BCUT2D eigenvalue weighted by Gasteiger charge is 2.25. The highest BCUT2D eigenvalue weighted by molar-refractivity contribution is 5.33. The Labute approximate surface area is 123 Å². The van der Waals surface area contributed by atoms with Gasteiger partial charge < -0.3 is 10.1 Å². The van der Waals surface area contributed by atoms with Gasteiger partial charge in [-0.1, -0.05) is 23.8 Å². The van der Waals surface area contributed by atoms with Crippen LogP contribution in [0.3, 0.4) is 0 Å². The Bertz CT molecular complexity index is 437. The van der Waals surface area contributed by atoms with Crippen LogP contribution in [-0.2, 0) is 4.74 Å². The quantitative estimate of drug-likeness (QED) is 0.915. The van der Waals surface area contributed by atoms with Crippen LogP contribution >= 0.6 is 0 Å². The summed E-state index contributed by atoms with van der Waals surface area (Å²) in [5.41, 5.74) is 4.11. The first-order valence-corrected chi connectivity index (χ1v) is 7.61. The van der Waals surface area contributed by atoms with E-state index in [0.717, 1.165) is 19.6 Å². The number of morpholine rings is 1. The van der Waals surface area contributed by atoms with Gasteiger partial charge in [0, 0.05) is 25.7 Å². The molecule has 20 heavy (non-hydrogen) atoms. The Balaban J connectivity index is 2.10. The lowest BCUT2D eigenvalue weighted by Crippen LogP contribution is -2.48. The van der Waals surface area contributed by atoms with Crippen molar-refractivity contribution in [3.63, 3.8) is 0 Å². The summed E-state index contributed by atoms with van der Waals surface area (Å²) >= 11 is 0. The summed E-state index contributed by atoms with van der Waals surface area (Å²) in [7, 11) is 2.06. The standard InChI is InChI=1S/C17H28N2O/c1-12-6-7-13(2)16(8-12)17(18-5)11-19-9-14(3)20-15(4)10-19/h6-8,14-15,17-18H,9-11H2,1-5H3. The first kappa shape index (κ1) is 15.5. The molecule has 1 N–H and O–H groups in total. The van der Waals surface area contributed by atoms with Crippen LogP contribution in [0.25, 0.3) is 0 Å². The molecule has 0 spiro atoms. The van der Waals surface area contributed by atoms with Crippen molar-refractivity contribution in [3.05, 3.63) is 34.9 Å². The molecule has 1 heterocycles. The Morgan fingerprint density at radius 3 is 2.50 bits per heavy atom. The van der Waals surface area contributed by atoms with E-state index in [1.165, 1.54) is 16.7 Å². The van der Waals surface area contributed by atoms with E-state index in [2.05, 4.69) is 63.2 Å². The van der Waals surface area contributed by atoms with Crippen LogP contribution in [0.4, 0.5) is 0 Å². The summed E-state index contributed by atoms with van der Waals surface area (Å²) in [6, 6.07) is 7.10. The van der Waals surface area contributed by atoms with Gasteiger partial charge in [0.05, 0.1) is 12.2 Å². The lowest BCUT2D eigenvalue weighted by Gasteiger charge is -2.37. The molecular formula is C17H28N2O. The van der Waals surface area contributed by atoms with Crippen molar-refractivity contribution in [2.45, 2.75) is 45.9 Å². The van der Waals surface area contributed by atoms with Crippen LogP contribution in [0.5, 0.6) is 0 Å². The number of hydrogen-bond donors (Lipinski definition) is 1. The van der Waals surface area contributed by atoms with Gasteiger partial charge in [0.25, 0.3) is 0 Å². The number of benzene rings is 1. The van der Waals surface area contributed by atoms with Crippen molar-refractivity contribution >= 4 is 0 Å². The van der Waals surface area contributed by atoms with Gasteiger partial charge in [-0.2, -0.15) is 0 Å². The average Bonchev–Trinajstić information content (AvgIpc) is 2.38. The summed E-state index contributed by atoms with van der Waals surface area (Å²) in [5.74, 6) is 0. The maximum Gasteiger partial charge on any atom is 0.0678 e. The molecule has 3 nitrogen and oxygen atoms in total. The second kappa shape index (κ2) is 6.70. The van der Waals surface area contributed by atoms with Crippen LogP contribution in [0.2, 0.25) is 0 Å². The fourth-order valence-corrected chi connectivity index (χ4v) is 3.17. The normalized spacial score (nSPS) is 25.6. The molecule has 0 saturated carbocycles. The summed E-state index contributed by atoms with van der Waals surface area (Å²) in [5, 5.41) is 3.48. The lowest BCUT2D eigenvalue weighted by molar-refractivity contribution is -0.0698. The molecule has 0 aliphatic carbocycles. The monoisotopic (exact) mass is 276 g/mol. The summed E-state index contributed by atoms with van der Waals surface area (Å²) in [6.07, 6.45) is 0.657. The number of likely N-dealkylation sites (N-methyl/N-ethyl adjacent to an activating group) is 1. The minimum atomic E-state index is 0.329. The average molecular weight is 276 g/mol. The molecule has 3 heteroatoms. The van der Waals surface area contributed by atoms with Gasteiger partial charge in [0.15, 0.2) is 0 Å². The van der Waals surface area contributed by atoms with Crippen molar-refractivity contribution in [1.29, 1.82) is 0 Å². The maximum absolute atomic E-state index is 5.82. The third kappa shape index (κ3) is 3.81. The second-order valence-corrected chi connectivity index (χ2v) is 6.18. The number of rotatable bonds is 4. The van der Waals surface area contributed by atoms with Crippen LogP contribution in [0, 0.1) is 13.8 Å². The highest BCUT2D eigenvalue weighted by Crippen LogP contribution is 2.22. The molecule has 112 valence electrons. The van der Waals surface area contributed by atoms with Crippen molar-refractivity contribution < 1.29 is 4.74 Å². The Morgan fingerprint density at radius 1 is 1.25 bits per heavy atom. The van der Waals surface area contributed by atoms with Gasteiger partial charge in [0.1, 0.15) is 0 Å². The zero-order valence-corrected chi connectivity index (χ0v) is 13.4. The molecule has 0 amide bonds. The molecule has 0 bridgehead atoms. The fourth-order valence-electron chi connectivity index (χ4n) is 3.17. The predicted octanol–water partition coefficient (Wildman–Crippen LogP) is 2.67. The number of hydrogen-bond acceptors (Lipinski definition) is 3. The largest absolute Gasteiger partial charge is 0.373 e. The molecule has 3 unspecified atom stereocenters. The summed E-state index contributed by atoms with van der Waals surface area (Å²) < 4.78 is 5.82. The van der Waals surface area contributed by atoms with Gasteiger partial charge in [-0.15, -0.1) is 0 Å². The predicted molar refractivity (Wildman–Crippen MR) is 84.2 cm³/mol. The van der Waals surface area contributed by atoms with E-state index >= 15 is 0 Å². The zero-order valence-electron chi connectivity index (χ0n) is 13.4. The summed E-state index contributed by atoms with van der Waals surface area (Å²) in [4.78, 5) is 2.52. The number of nitrogens with one attached hydrogen (secondary N) is 1. The molecular weight excluding hydrogens is 248 g/mol. The second-order valence-electron chi connectivity index (χ2n) is 6.18. The lowest BCUT2D eigenvalue weighted by atomic mass is 9.98. The molecule has 1 aromatic rings. The van der Waals surface area contributed by atoms with Gasteiger partial charge in [-0.25, -0.2) is 0 Å². The van der Waals surface area contributed by atoms with E-state index < -0.39 is 0 Å². The minimum Gasteiger partial charge on any atom is -0.373 e. The maximum atomic E-state index is 5.82. The van der Waals surface area contributed by atoms with E-state index in [-0.39, 0.29) is 0 Å². The van der Waals surface area contributed by atoms with Crippen molar-refractivity contribution in [1.82, 2.24) is 10.2 Å². The first-order valence-electron chi connectivity index (χ1n) is 7.61. The number of nitrogens with zero attached hydrogens (tertiary/aromatic N) is 1. The third-order valence-electron chi connectivity index (χ3n) is 4.09.